The van der Waals surface area contributed by atoms with Gasteiger partial charge in [0.1, 0.15) is 5.69 Å². The first-order valence-electron chi connectivity index (χ1n) is 4.48. The van der Waals surface area contributed by atoms with E-state index in [2.05, 4.69) is 19.9 Å². The van der Waals surface area contributed by atoms with Crippen LogP contribution in [0.5, 0.6) is 5.88 Å². The molecule has 80 valence electrons. The van der Waals surface area contributed by atoms with Gasteiger partial charge in [-0.25, -0.2) is 15.0 Å². The Morgan fingerprint density at radius 1 is 1.12 bits per heavy atom. The summed E-state index contributed by atoms with van der Waals surface area (Å²) in [7, 11) is 1.43. The Hall–Kier alpha value is -2.37. The summed E-state index contributed by atoms with van der Waals surface area (Å²) in [6.45, 7) is 0. The highest BCUT2D eigenvalue weighted by Gasteiger charge is 2.17. The van der Waals surface area contributed by atoms with Crippen molar-refractivity contribution < 1.29 is 9.53 Å². The Balaban J connectivity index is 2.42. The summed E-state index contributed by atoms with van der Waals surface area (Å²) >= 11 is 0. The molecular weight excluding hydrogens is 208 g/mol. The van der Waals surface area contributed by atoms with E-state index >= 15 is 0 Å². The SMILES string of the molecule is COc1nccnc1C(=O)c1cnccn1. The predicted molar refractivity (Wildman–Crippen MR) is 54.0 cm³/mol. The Labute approximate surface area is 91.4 Å². The molecule has 16 heavy (non-hydrogen) atoms. The van der Waals surface area contributed by atoms with Crippen LogP contribution in [0.4, 0.5) is 0 Å². The van der Waals surface area contributed by atoms with Crippen LogP contribution in [0.1, 0.15) is 16.2 Å². The van der Waals surface area contributed by atoms with Crippen LogP contribution in [-0.2, 0) is 0 Å². The van der Waals surface area contributed by atoms with Gasteiger partial charge in [-0.3, -0.25) is 9.78 Å². The second-order valence-corrected chi connectivity index (χ2v) is 2.83. The minimum atomic E-state index is -0.363. The minimum Gasteiger partial charge on any atom is -0.479 e. The van der Waals surface area contributed by atoms with Crippen LogP contribution in [0.3, 0.4) is 0 Å². The molecule has 6 heteroatoms. The average Bonchev–Trinajstić information content (AvgIpc) is 2.39. The molecule has 0 spiro atoms. The van der Waals surface area contributed by atoms with Gasteiger partial charge < -0.3 is 4.74 Å². The fourth-order valence-electron chi connectivity index (χ4n) is 1.17. The lowest BCUT2D eigenvalue weighted by atomic mass is 10.2. The Morgan fingerprint density at radius 2 is 1.88 bits per heavy atom. The van der Waals surface area contributed by atoms with Gasteiger partial charge in [-0.15, -0.1) is 0 Å². The summed E-state index contributed by atoms with van der Waals surface area (Å²) in [4.78, 5) is 27.5. The molecule has 6 nitrogen and oxygen atoms in total. The summed E-state index contributed by atoms with van der Waals surface area (Å²) in [5, 5.41) is 0. The van der Waals surface area contributed by atoms with Crippen LogP contribution in [0.15, 0.2) is 31.0 Å². The van der Waals surface area contributed by atoms with Crippen LogP contribution in [0, 0.1) is 0 Å². The molecule has 2 aromatic rings. The number of hydrogen-bond donors (Lipinski definition) is 0. The number of carbonyl (C=O) groups excluding carboxylic acids is 1. The fraction of sp³-hybridized carbons (Fsp3) is 0.100. The van der Waals surface area contributed by atoms with Crippen LogP contribution in [0.2, 0.25) is 0 Å². The summed E-state index contributed by atoms with van der Waals surface area (Å²) < 4.78 is 4.95. The van der Waals surface area contributed by atoms with Crippen molar-refractivity contribution in [2.75, 3.05) is 7.11 Å². The van der Waals surface area contributed by atoms with Crippen molar-refractivity contribution in [1.29, 1.82) is 0 Å². The van der Waals surface area contributed by atoms with Gasteiger partial charge in [0.15, 0.2) is 5.69 Å². The number of ketones is 1. The number of carbonyl (C=O) groups is 1. The van der Waals surface area contributed by atoms with E-state index < -0.39 is 0 Å². The number of methoxy groups -OCH3 is 1. The number of rotatable bonds is 3. The molecule has 0 aliphatic rings. The van der Waals surface area contributed by atoms with E-state index in [1.54, 1.807) is 0 Å². The molecule has 0 N–H and O–H groups in total. The maximum Gasteiger partial charge on any atom is 0.243 e. The topological polar surface area (TPSA) is 77.9 Å². The highest BCUT2D eigenvalue weighted by molar-refractivity contribution is 6.07. The van der Waals surface area contributed by atoms with Gasteiger partial charge in [-0.05, 0) is 0 Å². The molecule has 0 saturated heterocycles. The Bertz CT molecular complexity index is 501. The first-order valence-corrected chi connectivity index (χ1v) is 4.48. The number of aromatic nitrogens is 4. The van der Waals surface area contributed by atoms with Crippen LogP contribution >= 0.6 is 0 Å². The second-order valence-electron chi connectivity index (χ2n) is 2.83. The molecule has 0 aliphatic carbocycles. The average molecular weight is 216 g/mol. The summed E-state index contributed by atoms with van der Waals surface area (Å²) in [6.07, 6.45) is 7.18. The largest absolute Gasteiger partial charge is 0.479 e. The minimum absolute atomic E-state index is 0.130. The third kappa shape index (κ3) is 1.85. The second kappa shape index (κ2) is 4.43. The van der Waals surface area contributed by atoms with Crippen molar-refractivity contribution in [1.82, 2.24) is 19.9 Å². The molecule has 0 aliphatic heterocycles. The predicted octanol–water partition coefficient (Wildman–Crippen LogP) is 0.506. The van der Waals surface area contributed by atoms with Crippen molar-refractivity contribution >= 4 is 5.78 Å². The maximum absolute atomic E-state index is 11.9. The summed E-state index contributed by atoms with van der Waals surface area (Å²) in [5.41, 5.74) is 0.340. The zero-order chi connectivity index (χ0) is 11.4. The van der Waals surface area contributed by atoms with Gasteiger partial charge in [0.05, 0.1) is 13.3 Å². The van der Waals surface area contributed by atoms with Crippen molar-refractivity contribution in [3.8, 4) is 5.88 Å². The third-order valence-corrected chi connectivity index (χ3v) is 1.87. The van der Waals surface area contributed by atoms with E-state index in [0.717, 1.165) is 0 Å². The molecular formula is C10H8N4O2. The highest BCUT2D eigenvalue weighted by atomic mass is 16.5. The lowest BCUT2D eigenvalue weighted by Crippen LogP contribution is -2.09. The van der Waals surface area contributed by atoms with Crippen molar-refractivity contribution in [3.63, 3.8) is 0 Å². The van der Waals surface area contributed by atoms with E-state index in [0.29, 0.717) is 0 Å². The third-order valence-electron chi connectivity index (χ3n) is 1.87. The molecule has 2 heterocycles. The Kier molecular flexibility index (Phi) is 2.81. The van der Waals surface area contributed by atoms with Gasteiger partial charge in [0.25, 0.3) is 0 Å². The van der Waals surface area contributed by atoms with Crippen LogP contribution in [-0.4, -0.2) is 32.8 Å². The first kappa shape index (κ1) is 10.2. The van der Waals surface area contributed by atoms with E-state index in [9.17, 15) is 4.79 Å². The molecule has 0 radical (unpaired) electrons. The van der Waals surface area contributed by atoms with Crippen molar-refractivity contribution in [2.24, 2.45) is 0 Å². The standard InChI is InChI=1S/C10H8N4O2/c1-16-10-8(13-4-5-14-10)9(15)7-6-11-2-3-12-7/h2-6H,1H3. The van der Waals surface area contributed by atoms with E-state index in [1.807, 2.05) is 0 Å². The highest BCUT2D eigenvalue weighted by Crippen LogP contribution is 2.13. The molecule has 0 fully saturated rings. The summed E-state index contributed by atoms with van der Waals surface area (Å²) in [6, 6.07) is 0. The number of nitrogens with zero attached hydrogens (tertiary/aromatic N) is 4. The van der Waals surface area contributed by atoms with Gasteiger partial charge in [-0.2, -0.15) is 0 Å². The summed E-state index contributed by atoms with van der Waals surface area (Å²) in [5.74, 6) is -0.184. The van der Waals surface area contributed by atoms with Crippen LogP contribution in [0.25, 0.3) is 0 Å². The van der Waals surface area contributed by atoms with Gasteiger partial charge in [-0.1, -0.05) is 0 Å². The maximum atomic E-state index is 11.9. The fourth-order valence-corrected chi connectivity index (χ4v) is 1.17. The molecule has 0 atom stereocenters. The molecule has 0 saturated carbocycles. The quantitative estimate of drug-likeness (QED) is 0.695. The van der Waals surface area contributed by atoms with Crippen molar-refractivity contribution in [3.05, 3.63) is 42.4 Å². The molecule has 2 aromatic heterocycles. The number of hydrogen-bond acceptors (Lipinski definition) is 6. The van der Waals surface area contributed by atoms with E-state index in [-0.39, 0.29) is 23.1 Å². The lowest BCUT2D eigenvalue weighted by molar-refractivity contribution is 0.102. The molecule has 2 rings (SSSR count). The van der Waals surface area contributed by atoms with Gasteiger partial charge >= 0.3 is 0 Å². The molecule has 0 bridgehead atoms. The normalized spacial score (nSPS) is 9.81. The van der Waals surface area contributed by atoms with E-state index in [1.165, 1.54) is 38.1 Å². The first-order chi connectivity index (χ1) is 7.83. The zero-order valence-electron chi connectivity index (χ0n) is 8.49. The van der Waals surface area contributed by atoms with Crippen molar-refractivity contribution in [2.45, 2.75) is 0 Å². The zero-order valence-corrected chi connectivity index (χ0v) is 8.49. The smallest absolute Gasteiger partial charge is 0.243 e. The molecule has 0 amide bonds. The van der Waals surface area contributed by atoms with Gasteiger partial charge in [0.2, 0.25) is 11.7 Å². The molecule has 0 unspecified atom stereocenters. The Morgan fingerprint density at radius 3 is 2.56 bits per heavy atom. The monoisotopic (exact) mass is 216 g/mol. The number of ether oxygens (including phenoxy) is 1. The van der Waals surface area contributed by atoms with Crippen LogP contribution < -0.4 is 4.74 Å². The molecule has 0 aromatic carbocycles. The lowest BCUT2D eigenvalue weighted by Gasteiger charge is -2.03. The van der Waals surface area contributed by atoms with E-state index in [4.69, 9.17) is 4.74 Å². The van der Waals surface area contributed by atoms with Gasteiger partial charge in [0, 0.05) is 24.8 Å².